The molecule has 2 rings (SSSR count). The molecule has 1 aromatic heterocycles. The molecule has 2 atom stereocenters. The third-order valence-electron chi connectivity index (χ3n) is 2.63. The standard InChI is InChI=1S/C10H13NO3/c1-13-10(12)8-6-11-5-7(8)9-3-2-4-14-9/h2-4,7-8,11H,5-6H2,1H3/t7-,8+/m0/s1. The van der Waals surface area contributed by atoms with Crippen LogP contribution in [0.5, 0.6) is 0 Å². The highest BCUT2D eigenvalue weighted by molar-refractivity contribution is 5.74. The first-order chi connectivity index (χ1) is 6.83. The number of hydrogen-bond donors (Lipinski definition) is 1. The number of nitrogens with one attached hydrogen (secondary N) is 1. The summed E-state index contributed by atoms with van der Waals surface area (Å²) in [6.45, 7) is 1.44. The third kappa shape index (κ3) is 1.53. The lowest BCUT2D eigenvalue weighted by Crippen LogP contribution is -2.22. The van der Waals surface area contributed by atoms with Gasteiger partial charge >= 0.3 is 5.97 Å². The summed E-state index contributed by atoms with van der Waals surface area (Å²) in [6, 6.07) is 3.73. The van der Waals surface area contributed by atoms with Gasteiger partial charge in [-0.2, -0.15) is 0 Å². The molecule has 14 heavy (non-hydrogen) atoms. The van der Waals surface area contributed by atoms with Crippen molar-refractivity contribution < 1.29 is 13.9 Å². The molecule has 76 valence electrons. The molecule has 0 amide bonds. The van der Waals surface area contributed by atoms with E-state index in [4.69, 9.17) is 9.15 Å². The molecule has 0 spiro atoms. The second-order valence-corrected chi connectivity index (χ2v) is 3.41. The van der Waals surface area contributed by atoms with E-state index in [2.05, 4.69) is 5.32 Å². The zero-order chi connectivity index (χ0) is 9.97. The molecular weight excluding hydrogens is 182 g/mol. The van der Waals surface area contributed by atoms with Gasteiger partial charge < -0.3 is 14.5 Å². The van der Waals surface area contributed by atoms with Crippen molar-refractivity contribution in [2.45, 2.75) is 5.92 Å². The third-order valence-corrected chi connectivity index (χ3v) is 2.63. The summed E-state index contributed by atoms with van der Waals surface area (Å²) in [5.41, 5.74) is 0. The van der Waals surface area contributed by atoms with Crippen LogP contribution in [-0.4, -0.2) is 26.2 Å². The van der Waals surface area contributed by atoms with E-state index in [0.717, 1.165) is 12.3 Å². The largest absolute Gasteiger partial charge is 0.469 e. The summed E-state index contributed by atoms with van der Waals surface area (Å²) < 4.78 is 10.0. The van der Waals surface area contributed by atoms with Crippen LogP contribution >= 0.6 is 0 Å². The van der Waals surface area contributed by atoms with Crippen LogP contribution in [0.15, 0.2) is 22.8 Å². The summed E-state index contributed by atoms with van der Waals surface area (Å²) in [7, 11) is 1.42. The van der Waals surface area contributed by atoms with Crippen LogP contribution in [0, 0.1) is 5.92 Å². The van der Waals surface area contributed by atoms with Crippen LogP contribution in [0.1, 0.15) is 11.7 Å². The lowest BCUT2D eigenvalue weighted by molar-refractivity contribution is -0.145. The number of rotatable bonds is 2. The number of carbonyl (C=O) groups is 1. The fourth-order valence-electron chi connectivity index (χ4n) is 1.88. The Hall–Kier alpha value is -1.29. The van der Waals surface area contributed by atoms with Gasteiger partial charge in [-0.1, -0.05) is 0 Å². The van der Waals surface area contributed by atoms with Crippen LogP contribution in [0.4, 0.5) is 0 Å². The average Bonchev–Trinajstić information content (AvgIpc) is 2.85. The number of methoxy groups -OCH3 is 1. The van der Waals surface area contributed by atoms with E-state index in [0.29, 0.717) is 6.54 Å². The minimum absolute atomic E-state index is 0.109. The molecular formula is C10H13NO3. The second-order valence-electron chi connectivity index (χ2n) is 3.41. The van der Waals surface area contributed by atoms with Crippen molar-refractivity contribution in [1.82, 2.24) is 5.32 Å². The molecule has 0 bridgehead atoms. The van der Waals surface area contributed by atoms with Gasteiger partial charge in [0, 0.05) is 19.0 Å². The molecule has 1 fully saturated rings. The number of esters is 1. The molecule has 0 unspecified atom stereocenters. The van der Waals surface area contributed by atoms with Crippen LogP contribution in [0.2, 0.25) is 0 Å². The molecule has 0 aliphatic carbocycles. The van der Waals surface area contributed by atoms with E-state index in [1.54, 1.807) is 6.26 Å². The highest BCUT2D eigenvalue weighted by Gasteiger charge is 2.36. The topological polar surface area (TPSA) is 51.5 Å². The zero-order valence-electron chi connectivity index (χ0n) is 8.03. The lowest BCUT2D eigenvalue weighted by atomic mass is 9.94. The van der Waals surface area contributed by atoms with Gasteiger partial charge in [0.15, 0.2) is 0 Å². The molecule has 1 N–H and O–H groups in total. The molecule has 0 saturated carbocycles. The van der Waals surface area contributed by atoms with E-state index in [-0.39, 0.29) is 17.8 Å². The lowest BCUT2D eigenvalue weighted by Gasteiger charge is -2.13. The van der Waals surface area contributed by atoms with Crippen molar-refractivity contribution in [3.63, 3.8) is 0 Å². The van der Waals surface area contributed by atoms with Gasteiger partial charge in [-0.3, -0.25) is 4.79 Å². The minimum atomic E-state index is -0.170. The summed E-state index contributed by atoms with van der Waals surface area (Å²) in [5, 5.41) is 3.17. The Morgan fingerprint density at radius 2 is 2.50 bits per heavy atom. The van der Waals surface area contributed by atoms with Gasteiger partial charge in [-0.05, 0) is 12.1 Å². The van der Waals surface area contributed by atoms with Gasteiger partial charge in [0.2, 0.25) is 0 Å². The quantitative estimate of drug-likeness (QED) is 0.708. The minimum Gasteiger partial charge on any atom is -0.469 e. The Kier molecular flexibility index (Phi) is 2.54. The normalized spacial score (nSPS) is 26.4. The van der Waals surface area contributed by atoms with E-state index < -0.39 is 0 Å². The molecule has 0 aromatic carbocycles. The van der Waals surface area contributed by atoms with Crippen molar-refractivity contribution in [2.24, 2.45) is 5.92 Å². The number of ether oxygens (including phenoxy) is 1. The number of furan rings is 1. The predicted molar refractivity (Wildman–Crippen MR) is 49.8 cm³/mol. The molecule has 1 aliphatic rings. The van der Waals surface area contributed by atoms with Crippen molar-refractivity contribution in [3.8, 4) is 0 Å². The van der Waals surface area contributed by atoms with Gasteiger partial charge in [0.1, 0.15) is 5.76 Å². The SMILES string of the molecule is COC(=O)[C@@H]1CNC[C@@H]1c1ccco1. The second kappa shape index (κ2) is 3.84. The Balaban J connectivity index is 2.15. The molecule has 2 heterocycles. The maximum atomic E-state index is 11.4. The van der Waals surface area contributed by atoms with Crippen molar-refractivity contribution in [1.29, 1.82) is 0 Å². The maximum Gasteiger partial charge on any atom is 0.310 e. The summed E-state index contributed by atoms with van der Waals surface area (Å²) in [6.07, 6.45) is 1.63. The number of hydrogen-bond acceptors (Lipinski definition) is 4. The highest BCUT2D eigenvalue weighted by Crippen LogP contribution is 2.28. The van der Waals surface area contributed by atoms with Crippen LogP contribution in [0.25, 0.3) is 0 Å². The molecule has 0 radical (unpaired) electrons. The van der Waals surface area contributed by atoms with Crippen LogP contribution in [-0.2, 0) is 9.53 Å². The first-order valence-corrected chi connectivity index (χ1v) is 4.65. The molecule has 4 heteroatoms. The predicted octanol–water partition coefficient (Wildman–Crippen LogP) is 0.756. The van der Waals surface area contributed by atoms with E-state index in [1.165, 1.54) is 7.11 Å². The van der Waals surface area contributed by atoms with Gasteiger partial charge in [-0.15, -0.1) is 0 Å². The Bertz CT molecular complexity index is 307. The molecule has 1 aliphatic heterocycles. The average molecular weight is 195 g/mol. The van der Waals surface area contributed by atoms with Crippen molar-refractivity contribution >= 4 is 5.97 Å². The Labute approximate surface area is 82.2 Å². The maximum absolute atomic E-state index is 11.4. The number of carbonyl (C=O) groups excluding carboxylic acids is 1. The summed E-state index contributed by atoms with van der Waals surface area (Å²) >= 11 is 0. The zero-order valence-corrected chi connectivity index (χ0v) is 8.03. The Morgan fingerprint density at radius 1 is 1.64 bits per heavy atom. The van der Waals surface area contributed by atoms with Crippen molar-refractivity contribution in [3.05, 3.63) is 24.2 Å². The van der Waals surface area contributed by atoms with Gasteiger partial charge in [0.25, 0.3) is 0 Å². The molecule has 1 aromatic rings. The first kappa shape index (κ1) is 9.27. The van der Waals surface area contributed by atoms with E-state index in [9.17, 15) is 4.79 Å². The fourth-order valence-corrected chi connectivity index (χ4v) is 1.88. The first-order valence-electron chi connectivity index (χ1n) is 4.65. The summed E-state index contributed by atoms with van der Waals surface area (Å²) in [4.78, 5) is 11.4. The molecule has 4 nitrogen and oxygen atoms in total. The van der Waals surface area contributed by atoms with Gasteiger partial charge in [-0.25, -0.2) is 0 Å². The van der Waals surface area contributed by atoms with E-state index >= 15 is 0 Å². The monoisotopic (exact) mass is 195 g/mol. The fraction of sp³-hybridized carbons (Fsp3) is 0.500. The highest BCUT2D eigenvalue weighted by atomic mass is 16.5. The molecule has 1 saturated heterocycles. The smallest absolute Gasteiger partial charge is 0.310 e. The van der Waals surface area contributed by atoms with Gasteiger partial charge in [0.05, 0.1) is 19.3 Å². The van der Waals surface area contributed by atoms with Crippen LogP contribution in [0.3, 0.4) is 0 Å². The Morgan fingerprint density at radius 3 is 3.14 bits per heavy atom. The van der Waals surface area contributed by atoms with Crippen LogP contribution < -0.4 is 5.32 Å². The van der Waals surface area contributed by atoms with E-state index in [1.807, 2.05) is 12.1 Å². The van der Waals surface area contributed by atoms with Crippen molar-refractivity contribution in [2.75, 3.05) is 20.2 Å². The summed E-state index contributed by atoms with van der Waals surface area (Å²) in [5.74, 6) is 0.672.